The molecule has 2 atom stereocenters. The molecular weight excluding hydrogens is 148 g/mol. The molecule has 1 aliphatic rings. The molecule has 0 spiro atoms. The Kier molecular flexibility index (Phi) is 2.84. The number of aliphatic hydroxyl groups is 1. The van der Waals surface area contributed by atoms with E-state index in [0.29, 0.717) is 13.0 Å². The number of carbonyl (C=O) groups is 1. The van der Waals surface area contributed by atoms with Gasteiger partial charge in [0, 0.05) is 12.8 Å². The van der Waals surface area contributed by atoms with Crippen molar-refractivity contribution in [2.24, 2.45) is 5.92 Å². The summed E-state index contributed by atoms with van der Waals surface area (Å²) in [5.74, 6) is -0.722. The summed E-state index contributed by atoms with van der Waals surface area (Å²) >= 11 is 0. The number of hydrogen-bond donors (Lipinski definition) is 2. The van der Waals surface area contributed by atoms with Gasteiger partial charge in [-0.3, -0.25) is 4.79 Å². The summed E-state index contributed by atoms with van der Waals surface area (Å²) in [5, 5.41) is 17.4. The summed E-state index contributed by atoms with van der Waals surface area (Å²) in [6.07, 6.45) is 0.573. The van der Waals surface area contributed by atoms with Crippen LogP contribution in [0.4, 0.5) is 0 Å². The summed E-state index contributed by atoms with van der Waals surface area (Å²) < 4.78 is 4.85. The molecule has 0 saturated carbocycles. The van der Waals surface area contributed by atoms with Crippen LogP contribution in [0, 0.1) is 5.92 Å². The molecule has 11 heavy (non-hydrogen) atoms. The van der Waals surface area contributed by atoms with Crippen LogP contribution in [0.1, 0.15) is 19.3 Å². The molecule has 2 N–H and O–H groups in total. The second-order valence-corrected chi connectivity index (χ2v) is 2.81. The SMILES string of the molecule is O=C(O)C[C@@H]1CCO[C@H](O)C1. The third-order valence-corrected chi connectivity index (χ3v) is 1.83. The van der Waals surface area contributed by atoms with Crippen molar-refractivity contribution in [3.8, 4) is 0 Å². The van der Waals surface area contributed by atoms with Crippen LogP contribution in [-0.4, -0.2) is 29.1 Å². The third kappa shape index (κ3) is 2.86. The van der Waals surface area contributed by atoms with Crippen molar-refractivity contribution in [2.75, 3.05) is 6.61 Å². The van der Waals surface area contributed by atoms with Gasteiger partial charge in [-0.15, -0.1) is 0 Å². The van der Waals surface area contributed by atoms with Crippen LogP contribution >= 0.6 is 0 Å². The second-order valence-electron chi connectivity index (χ2n) is 2.81. The topological polar surface area (TPSA) is 66.8 Å². The third-order valence-electron chi connectivity index (χ3n) is 1.83. The first-order valence-corrected chi connectivity index (χ1v) is 3.70. The predicted octanol–water partition coefficient (Wildman–Crippen LogP) is 0.206. The van der Waals surface area contributed by atoms with Crippen LogP contribution in [0.15, 0.2) is 0 Å². The fraction of sp³-hybridized carbons (Fsp3) is 0.857. The highest BCUT2D eigenvalue weighted by Crippen LogP contribution is 2.21. The van der Waals surface area contributed by atoms with Crippen LogP contribution in [0.3, 0.4) is 0 Å². The van der Waals surface area contributed by atoms with Gasteiger partial charge < -0.3 is 14.9 Å². The summed E-state index contributed by atoms with van der Waals surface area (Å²) in [4.78, 5) is 10.3. The molecule has 0 aromatic carbocycles. The quantitative estimate of drug-likeness (QED) is 0.605. The van der Waals surface area contributed by atoms with Crippen molar-refractivity contribution in [1.82, 2.24) is 0 Å². The van der Waals surface area contributed by atoms with Crippen LogP contribution in [0.5, 0.6) is 0 Å². The number of ether oxygens (including phenoxy) is 1. The molecule has 0 aromatic heterocycles. The van der Waals surface area contributed by atoms with Crippen LogP contribution in [0.2, 0.25) is 0 Å². The van der Waals surface area contributed by atoms with Crippen molar-refractivity contribution < 1.29 is 19.7 Å². The second kappa shape index (κ2) is 3.69. The molecule has 0 aromatic rings. The zero-order chi connectivity index (χ0) is 8.27. The van der Waals surface area contributed by atoms with E-state index in [-0.39, 0.29) is 12.3 Å². The largest absolute Gasteiger partial charge is 0.481 e. The molecule has 1 aliphatic heterocycles. The van der Waals surface area contributed by atoms with Gasteiger partial charge in [-0.05, 0) is 12.3 Å². The molecule has 0 aliphatic carbocycles. The maximum Gasteiger partial charge on any atom is 0.303 e. The highest BCUT2D eigenvalue weighted by atomic mass is 16.6. The molecule has 1 saturated heterocycles. The summed E-state index contributed by atoms with van der Waals surface area (Å²) in [6, 6.07) is 0. The lowest BCUT2D eigenvalue weighted by molar-refractivity contribution is -0.150. The zero-order valence-corrected chi connectivity index (χ0v) is 6.19. The van der Waals surface area contributed by atoms with Crippen molar-refractivity contribution >= 4 is 5.97 Å². The van der Waals surface area contributed by atoms with E-state index in [1.54, 1.807) is 0 Å². The first kappa shape index (κ1) is 8.49. The number of rotatable bonds is 2. The molecule has 0 amide bonds. The van der Waals surface area contributed by atoms with Crippen LogP contribution < -0.4 is 0 Å². The van der Waals surface area contributed by atoms with Gasteiger partial charge in [-0.2, -0.15) is 0 Å². The van der Waals surface area contributed by atoms with Gasteiger partial charge >= 0.3 is 5.97 Å². The molecule has 4 heteroatoms. The van der Waals surface area contributed by atoms with Crippen molar-refractivity contribution in [3.05, 3.63) is 0 Å². The van der Waals surface area contributed by atoms with Gasteiger partial charge in [0.2, 0.25) is 0 Å². The van der Waals surface area contributed by atoms with Gasteiger partial charge in [0.25, 0.3) is 0 Å². The van der Waals surface area contributed by atoms with E-state index in [9.17, 15) is 4.79 Å². The Balaban J connectivity index is 2.28. The molecule has 1 heterocycles. The van der Waals surface area contributed by atoms with Gasteiger partial charge in [-0.1, -0.05) is 0 Å². The Labute approximate surface area is 64.8 Å². The summed E-state index contributed by atoms with van der Waals surface area (Å²) in [6.45, 7) is 0.471. The van der Waals surface area contributed by atoms with Crippen molar-refractivity contribution in [2.45, 2.75) is 25.6 Å². The smallest absolute Gasteiger partial charge is 0.303 e. The van der Waals surface area contributed by atoms with Gasteiger partial charge in [0.1, 0.15) is 0 Å². The van der Waals surface area contributed by atoms with E-state index >= 15 is 0 Å². The van der Waals surface area contributed by atoms with Crippen LogP contribution in [-0.2, 0) is 9.53 Å². The average molecular weight is 160 g/mol. The lowest BCUT2D eigenvalue weighted by atomic mass is 9.96. The fourth-order valence-electron chi connectivity index (χ4n) is 1.27. The molecule has 1 rings (SSSR count). The number of hydrogen-bond acceptors (Lipinski definition) is 3. The molecular formula is C7H12O4. The average Bonchev–Trinajstić information content (AvgIpc) is 1.85. The Morgan fingerprint density at radius 3 is 2.91 bits per heavy atom. The molecule has 4 nitrogen and oxygen atoms in total. The minimum atomic E-state index is -0.802. The van der Waals surface area contributed by atoms with Gasteiger partial charge in [0.15, 0.2) is 6.29 Å². The minimum absolute atomic E-state index is 0.0799. The van der Waals surface area contributed by atoms with E-state index in [4.69, 9.17) is 14.9 Å². The fourth-order valence-corrected chi connectivity index (χ4v) is 1.27. The lowest BCUT2D eigenvalue weighted by Gasteiger charge is -2.24. The molecule has 64 valence electrons. The Bertz CT molecular complexity index is 145. The zero-order valence-electron chi connectivity index (χ0n) is 6.19. The Morgan fingerprint density at radius 2 is 2.36 bits per heavy atom. The highest BCUT2D eigenvalue weighted by Gasteiger charge is 2.22. The molecule has 0 radical (unpaired) electrons. The normalized spacial score (nSPS) is 31.7. The molecule has 0 unspecified atom stereocenters. The lowest BCUT2D eigenvalue weighted by Crippen LogP contribution is -2.26. The van der Waals surface area contributed by atoms with Crippen LogP contribution in [0.25, 0.3) is 0 Å². The van der Waals surface area contributed by atoms with E-state index in [0.717, 1.165) is 6.42 Å². The van der Waals surface area contributed by atoms with Gasteiger partial charge in [0.05, 0.1) is 6.61 Å². The molecule has 1 fully saturated rings. The maximum absolute atomic E-state index is 10.3. The summed E-state index contributed by atoms with van der Waals surface area (Å²) in [7, 11) is 0. The van der Waals surface area contributed by atoms with E-state index in [1.807, 2.05) is 0 Å². The minimum Gasteiger partial charge on any atom is -0.481 e. The van der Waals surface area contributed by atoms with E-state index < -0.39 is 12.3 Å². The predicted molar refractivity (Wildman–Crippen MR) is 36.9 cm³/mol. The Morgan fingerprint density at radius 1 is 1.64 bits per heavy atom. The highest BCUT2D eigenvalue weighted by molar-refractivity contribution is 5.67. The Hall–Kier alpha value is -0.610. The van der Waals surface area contributed by atoms with E-state index in [2.05, 4.69) is 0 Å². The number of aliphatic carboxylic acids is 1. The number of carboxylic acid groups (broad SMARTS) is 1. The van der Waals surface area contributed by atoms with Crippen molar-refractivity contribution in [3.63, 3.8) is 0 Å². The number of aliphatic hydroxyl groups excluding tert-OH is 1. The number of carboxylic acids is 1. The summed E-state index contributed by atoms with van der Waals surface area (Å²) in [5.41, 5.74) is 0. The first-order valence-electron chi connectivity index (χ1n) is 3.70. The monoisotopic (exact) mass is 160 g/mol. The van der Waals surface area contributed by atoms with Gasteiger partial charge in [-0.25, -0.2) is 0 Å². The van der Waals surface area contributed by atoms with E-state index in [1.165, 1.54) is 0 Å². The standard InChI is InChI=1S/C7H12O4/c8-6(9)3-5-1-2-11-7(10)4-5/h5,7,10H,1-4H2,(H,8,9)/t5-,7-/m0/s1. The maximum atomic E-state index is 10.3. The van der Waals surface area contributed by atoms with Crippen molar-refractivity contribution in [1.29, 1.82) is 0 Å². The molecule has 0 bridgehead atoms. The first-order chi connectivity index (χ1) is 5.18.